The number of hydrogen-bond acceptors (Lipinski definition) is 8. The highest BCUT2D eigenvalue weighted by atomic mass is 32.2. The molecule has 4 rings (SSSR count). The number of nitro benzene ring substituents is 2. The molecular weight excluding hydrogens is 454 g/mol. The Morgan fingerprint density at radius 2 is 1.66 bits per heavy atom. The summed E-state index contributed by atoms with van der Waals surface area (Å²) in [5, 5.41) is 21.8. The first kappa shape index (κ1) is 21.4. The molecule has 1 aliphatic heterocycles. The number of non-ortho nitro benzene ring substituents is 2. The van der Waals surface area contributed by atoms with Crippen LogP contribution in [0, 0.1) is 27.2 Å². The second-order valence-electron chi connectivity index (χ2n) is 6.75. The molecule has 0 N–H and O–H groups in total. The van der Waals surface area contributed by atoms with Crippen molar-refractivity contribution >= 4 is 57.3 Å². The van der Waals surface area contributed by atoms with Crippen LogP contribution in [0.15, 0.2) is 63.9 Å². The minimum atomic E-state index is -0.519. The van der Waals surface area contributed by atoms with Gasteiger partial charge in [-0.05, 0) is 42.8 Å². The van der Waals surface area contributed by atoms with Gasteiger partial charge in [-0.15, -0.1) is 0 Å². The molecule has 11 heteroatoms. The Balaban J connectivity index is 1.58. The smallest absolute Gasteiger partial charge is 0.270 e. The predicted octanol–water partition coefficient (Wildman–Crippen LogP) is 5.48. The Hall–Kier alpha value is -3.83. The summed E-state index contributed by atoms with van der Waals surface area (Å²) in [7, 11) is 0. The minimum absolute atomic E-state index is 0.00653. The molecule has 2 heterocycles. The summed E-state index contributed by atoms with van der Waals surface area (Å²) in [6.45, 7) is 1.75. The van der Waals surface area contributed by atoms with Crippen molar-refractivity contribution in [2.45, 2.75) is 6.92 Å². The van der Waals surface area contributed by atoms with Crippen LogP contribution in [-0.4, -0.2) is 20.1 Å². The van der Waals surface area contributed by atoms with Crippen LogP contribution >= 0.6 is 24.0 Å². The Labute approximate surface area is 190 Å². The maximum absolute atomic E-state index is 12.9. The molecule has 3 aromatic rings. The third-order valence-electron chi connectivity index (χ3n) is 4.70. The number of nitrogens with zero attached hydrogens (tertiary/aromatic N) is 3. The first-order valence-electron chi connectivity index (χ1n) is 9.12. The molecule has 1 aliphatic rings. The molecule has 1 fully saturated rings. The highest BCUT2D eigenvalue weighted by molar-refractivity contribution is 8.27. The molecule has 0 saturated carbocycles. The van der Waals surface area contributed by atoms with E-state index in [-0.39, 0.29) is 17.3 Å². The van der Waals surface area contributed by atoms with Crippen molar-refractivity contribution in [3.05, 3.63) is 91.1 Å². The van der Waals surface area contributed by atoms with Gasteiger partial charge < -0.3 is 4.42 Å². The predicted molar refractivity (Wildman–Crippen MR) is 124 cm³/mol. The monoisotopic (exact) mass is 467 g/mol. The molecular formula is C21H13N3O6S2. The summed E-state index contributed by atoms with van der Waals surface area (Å²) in [6, 6.07) is 13.4. The number of aryl methyl sites for hydroxylation is 1. The van der Waals surface area contributed by atoms with Gasteiger partial charge in [-0.2, -0.15) is 0 Å². The van der Waals surface area contributed by atoms with Gasteiger partial charge >= 0.3 is 0 Å². The molecule has 0 spiro atoms. The zero-order chi connectivity index (χ0) is 23.0. The van der Waals surface area contributed by atoms with Gasteiger partial charge in [0.25, 0.3) is 17.3 Å². The van der Waals surface area contributed by atoms with Crippen molar-refractivity contribution in [3.8, 4) is 11.3 Å². The van der Waals surface area contributed by atoms with E-state index in [4.69, 9.17) is 16.6 Å². The van der Waals surface area contributed by atoms with Gasteiger partial charge in [0.1, 0.15) is 11.5 Å². The van der Waals surface area contributed by atoms with Crippen molar-refractivity contribution in [3.63, 3.8) is 0 Å². The topological polar surface area (TPSA) is 120 Å². The summed E-state index contributed by atoms with van der Waals surface area (Å²) < 4.78 is 6.13. The largest absolute Gasteiger partial charge is 0.457 e. The molecule has 0 bridgehead atoms. The molecule has 1 saturated heterocycles. The van der Waals surface area contributed by atoms with E-state index in [1.807, 2.05) is 0 Å². The zero-order valence-electron chi connectivity index (χ0n) is 16.4. The summed E-state index contributed by atoms with van der Waals surface area (Å²) in [5.41, 5.74) is 1.73. The zero-order valence-corrected chi connectivity index (χ0v) is 18.0. The quantitative estimate of drug-likeness (QED) is 0.209. The first-order chi connectivity index (χ1) is 15.2. The number of amides is 1. The van der Waals surface area contributed by atoms with E-state index in [0.29, 0.717) is 37.6 Å². The van der Waals surface area contributed by atoms with E-state index in [0.717, 1.165) is 11.8 Å². The van der Waals surface area contributed by atoms with Crippen molar-refractivity contribution < 1.29 is 19.1 Å². The standard InChI is InChI=1S/C21H13N3O6S2/c1-12-10-15(24(28)29)6-8-17(12)18-9-7-16(30-18)11-19-20(25)22(21(31)32-19)13-2-4-14(5-3-13)23(26)27/h2-11H,1H3. The van der Waals surface area contributed by atoms with Gasteiger partial charge in [0, 0.05) is 35.9 Å². The second kappa shape index (κ2) is 8.36. The lowest BCUT2D eigenvalue weighted by atomic mass is 10.1. The second-order valence-corrected chi connectivity index (χ2v) is 8.42. The summed E-state index contributed by atoms with van der Waals surface area (Å²) in [5.74, 6) is 0.565. The number of benzene rings is 2. The van der Waals surface area contributed by atoms with E-state index in [1.165, 1.54) is 41.3 Å². The molecule has 1 aromatic heterocycles. The van der Waals surface area contributed by atoms with Crippen LogP contribution in [0.1, 0.15) is 11.3 Å². The number of carbonyl (C=O) groups excluding carboxylic acids is 1. The normalized spacial score (nSPS) is 14.9. The number of furan rings is 1. The van der Waals surface area contributed by atoms with Gasteiger partial charge in [0.2, 0.25) is 0 Å². The first-order valence-corrected chi connectivity index (χ1v) is 10.3. The van der Waals surface area contributed by atoms with Crippen LogP contribution in [0.2, 0.25) is 0 Å². The Morgan fingerprint density at radius 1 is 1.00 bits per heavy atom. The SMILES string of the molecule is Cc1cc([N+](=O)[O-])ccc1-c1ccc(C=C2SC(=S)N(c3ccc([N+](=O)[O-])cc3)C2=O)o1. The van der Waals surface area contributed by atoms with E-state index < -0.39 is 9.85 Å². The molecule has 0 radical (unpaired) electrons. The lowest BCUT2D eigenvalue weighted by Crippen LogP contribution is -2.27. The lowest BCUT2D eigenvalue weighted by Gasteiger charge is -2.13. The van der Waals surface area contributed by atoms with E-state index >= 15 is 0 Å². The molecule has 0 atom stereocenters. The molecule has 0 aliphatic carbocycles. The maximum Gasteiger partial charge on any atom is 0.270 e. The number of hydrogen-bond donors (Lipinski definition) is 0. The Bertz CT molecular complexity index is 1310. The molecule has 0 unspecified atom stereocenters. The Morgan fingerprint density at radius 3 is 2.28 bits per heavy atom. The number of rotatable bonds is 5. The van der Waals surface area contributed by atoms with Crippen LogP contribution in [0.3, 0.4) is 0 Å². The summed E-state index contributed by atoms with van der Waals surface area (Å²) in [6.07, 6.45) is 1.56. The number of anilines is 1. The molecule has 1 amide bonds. The fourth-order valence-electron chi connectivity index (χ4n) is 3.16. The summed E-state index contributed by atoms with van der Waals surface area (Å²) >= 11 is 6.41. The van der Waals surface area contributed by atoms with Gasteiger partial charge in [0.15, 0.2) is 4.32 Å². The van der Waals surface area contributed by atoms with Gasteiger partial charge in [-0.1, -0.05) is 24.0 Å². The number of nitro groups is 2. The highest BCUT2D eigenvalue weighted by Crippen LogP contribution is 2.37. The lowest BCUT2D eigenvalue weighted by molar-refractivity contribution is -0.385. The third kappa shape index (κ3) is 4.03. The van der Waals surface area contributed by atoms with Crippen molar-refractivity contribution in [2.24, 2.45) is 0 Å². The fourth-order valence-corrected chi connectivity index (χ4v) is 4.44. The summed E-state index contributed by atoms with van der Waals surface area (Å²) in [4.78, 5) is 35.3. The van der Waals surface area contributed by atoms with E-state index in [9.17, 15) is 25.0 Å². The van der Waals surface area contributed by atoms with Crippen LogP contribution < -0.4 is 4.90 Å². The van der Waals surface area contributed by atoms with Crippen molar-refractivity contribution in [1.29, 1.82) is 0 Å². The Kier molecular flexibility index (Phi) is 5.59. The average molecular weight is 467 g/mol. The van der Waals surface area contributed by atoms with E-state index in [1.54, 1.807) is 31.2 Å². The number of thioether (sulfide) groups is 1. The van der Waals surface area contributed by atoms with Crippen molar-refractivity contribution in [1.82, 2.24) is 0 Å². The third-order valence-corrected chi connectivity index (χ3v) is 6.00. The van der Waals surface area contributed by atoms with E-state index in [2.05, 4.69) is 0 Å². The van der Waals surface area contributed by atoms with Crippen LogP contribution in [-0.2, 0) is 4.79 Å². The molecule has 160 valence electrons. The fraction of sp³-hybridized carbons (Fsp3) is 0.0476. The highest BCUT2D eigenvalue weighted by Gasteiger charge is 2.33. The minimum Gasteiger partial charge on any atom is -0.457 e. The van der Waals surface area contributed by atoms with Crippen LogP contribution in [0.25, 0.3) is 17.4 Å². The average Bonchev–Trinajstić information content (AvgIpc) is 3.32. The molecule has 32 heavy (non-hydrogen) atoms. The van der Waals surface area contributed by atoms with Crippen LogP contribution in [0.5, 0.6) is 0 Å². The van der Waals surface area contributed by atoms with Gasteiger partial charge in [-0.3, -0.25) is 29.9 Å². The molecule has 2 aromatic carbocycles. The molecule has 9 nitrogen and oxygen atoms in total. The number of carbonyl (C=O) groups is 1. The maximum atomic E-state index is 12.9. The van der Waals surface area contributed by atoms with Crippen molar-refractivity contribution in [2.75, 3.05) is 4.90 Å². The number of thiocarbonyl (C=S) groups is 1. The van der Waals surface area contributed by atoms with Gasteiger partial charge in [0.05, 0.1) is 20.4 Å². The van der Waals surface area contributed by atoms with Gasteiger partial charge in [-0.25, -0.2) is 0 Å². The van der Waals surface area contributed by atoms with Crippen LogP contribution in [0.4, 0.5) is 17.1 Å².